The lowest BCUT2D eigenvalue weighted by Crippen LogP contribution is -2.14. The van der Waals surface area contributed by atoms with Crippen LogP contribution in [0.5, 0.6) is 17.2 Å². The first-order valence-electron chi connectivity index (χ1n) is 6.39. The zero-order valence-corrected chi connectivity index (χ0v) is 11.3. The summed E-state index contributed by atoms with van der Waals surface area (Å²) >= 11 is 0. The standard InChI is InChI=1S/C16H18O4/c1-19-15-6-2-4-12(8-15)13(10-17)11-20-16-7-3-5-14(18)9-16/h2-9,13,17-18H,10-11H2,1H3. The van der Waals surface area contributed by atoms with E-state index >= 15 is 0 Å². The van der Waals surface area contributed by atoms with Crippen LogP contribution in [0, 0.1) is 0 Å². The Balaban J connectivity index is 2.05. The van der Waals surface area contributed by atoms with Crippen molar-refractivity contribution in [1.82, 2.24) is 0 Å². The average molecular weight is 274 g/mol. The van der Waals surface area contributed by atoms with E-state index in [9.17, 15) is 10.2 Å². The molecule has 0 heterocycles. The van der Waals surface area contributed by atoms with Gasteiger partial charge in [-0.15, -0.1) is 0 Å². The molecule has 0 aliphatic heterocycles. The molecule has 0 saturated carbocycles. The van der Waals surface area contributed by atoms with E-state index in [2.05, 4.69) is 0 Å². The minimum absolute atomic E-state index is 0.0218. The Bertz CT molecular complexity index is 554. The van der Waals surface area contributed by atoms with Crippen LogP contribution in [-0.2, 0) is 0 Å². The second-order valence-electron chi connectivity index (χ2n) is 4.46. The van der Waals surface area contributed by atoms with Crippen molar-refractivity contribution in [3.05, 3.63) is 54.1 Å². The minimum Gasteiger partial charge on any atom is -0.508 e. The van der Waals surface area contributed by atoms with Gasteiger partial charge in [0, 0.05) is 12.0 Å². The summed E-state index contributed by atoms with van der Waals surface area (Å²) in [5.74, 6) is 1.33. The van der Waals surface area contributed by atoms with Gasteiger partial charge in [-0.1, -0.05) is 18.2 Å². The quantitative estimate of drug-likeness (QED) is 0.850. The van der Waals surface area contributed by atoms with Crippen molar-refractivity contribution in [2.75, 3.05) is 20.3 Å². The first kappa shape index (κ1) is 14.2. The highest BCUT2D eigenvalue weighted by atomic mass is 16.5. The number of aliphatic hydroxyl groups is 1. The number of aliphatic hydroxyl groups excluding tert-OH is 1. The Kier molecular flexibility index (Phi) is 4.85. The van der Waals surface area contributed by atoms with Gasteiger partial charge in [-0.05, 0) is 29.8 Å². The van der Waals surface area contributed by atoms with Gasteiger partial charge in [0.15, 0.2) is 0 Å². The van der Waals surface area contributed by atoms with Gasteiger partial charge in [-0.25, -0.2) is 0 Å². The summed E-state index contributed by atoms with van der Waals surface area (Å²) in [4.78, 5) is 0. The molecule has 2 rings (SSSR count). The summed E-state index contributed by atoms with van der Waals surface area (Å²) in [6.45, 7) is 0.305. The van der Waals surface area contributed by atoms with E-state index in [0.29, 0.717) is 12.4 Å². The molecular weight excluding hydrogens is 256 g/mol. The van der Waals surface area contributed by atoms with Crippen molar-refractivity contribution in [1.29, 1.82) is 0 Å². The van der Waals surface area contributed by atoms with E-state index in [-0.39, 0.29) is 18.3 Å². The molecule has 2 aromatic rings. The summed E-state index contributed by atoms with van der Waals surface area (Å²) < 4.78 is 10.8. The van der Waals surface area contributed by atoms with Gasteiger partial charge in [0.05, 0.1) is 20.3 Å². The lowest BCUT2D eigenvalue weighted by molar-refractivity contribution is 0.204. The summed E-state index contributed by atoms with van der Waals surface area (Å²) in [6, 6.07) is 14.1. The monoisotopic (exact) mass is 274 g/mol. The number of methoxy groups -OCH3 is 1. The normalized spacial score (nSPS) is 11.9. The van der Waals surface area contributed by atoms with E-state index in [1.165, 1.54) is 0 Å². The third-order valence-corrected chi connectivity index (χ3v) is 3.05. The summed E-state index contributed by atoms with van der Waals surface area (Å²) in [7, 11) is 1.61. The predicted octanol–water partition coefficient (Wildman–Crippen LogP) is 2.56. The fourth-order valence-electron chi connectivity index (χ4n) is 1.92. The van der Waals surface area contributed by atoms with Gasteiger partial charge >= 0.3 is 0 Å². The first-order valence-corrected chi connectivity index (χ1v) is 6.39. The SMILES string of the molecule is COc1cccc(C(CO)COc2cccc(O)c2)c1. The number of hydrogen-bond acceptors (Lipinski definition) is 4. The minimum atomic E-state index is -0.146. The van der Waals surface area contributed by atoms with Gasteiger partial charge in [-0.2, -0.15) is 0 Å². The van der Waals surface area contributed by atoms with Gasteiger partial charge in [-0.3, -0.25) is 0 Å². The van der Waals surface area contributed by atoms with E-state index in [4.69, 9.17) is 9.47 Å². The number of phenols is 1. The Morgan fingerprint density at radius 1 is 1.05 bits per heavy atom. The number of benzene rings is 2. The van der Waals surface area contributed by atoms with Crippen LogP contribution in [0.3, 0.4) is 0 Å². The second kappa shape index (κ2) is 6.82. The highest BCUT2D eigenvalue weighted by Gasteiger charge is 2.12. The van der Waals surface area contributed by atoms with Crippen LogP contribution >= 0.6 is 0 Å². The molecule has 0 radical (unpaired) electrons. The third kappa shape index (κ3) is 3.65. The van der Waals surface area contributed by atoms with E-state index in [0.717, 1.165) is 11.3 Å². The second-order valence-corrected chi connectivity index (χ2v) is 4.46. The third-order valence-electron chi connectivity index (χ3n) is 3.05. The molecule has 0 bridgehead atoms. The maximum absolute atomic E-state index is 9.51. The number of rotatable bonds is 6. The van der Waals surface area contributed by atoms with Crippen LogP contribution in [0.25, 0.3) is 0 Å². The number of hydrogen-bond donors (Lipinski definition) is 2. The van der Waals surface area contributed by atoms with Crippen molar-refractivity contribution in [2.24, 2.45) is 0 Å². The topological polar surface area (TPSA) is 58.9 Å². The molecule has 20 heavy (non-hydrogen) atoms. The molecule has 1 unspecified atom stereocenters. The lowest BCUT2D eigenvalue weighted by Gasteiger charge is -2.16. The Morgan fingerprint density at radius 2 is 1.80 bits per heavy atom. The fraction of sp³-hybridized carbons (Fsp3) is 0.250. The maximum Gasteiger partial charge on any atom is 0.123 e. The van der Waals surface area contributed by atoms with Crippen LogP contribution in [0.2, 0.25) is 0 Å². The molecule has 0 aliphatic carbocycles. The number of aromatic hydroxyl groups is 1. The van der Waals surface area contributed by atoms with Crippen molar-refractivity contribution >= 4 is 0 Å². The molecule has 0 fully saturated rings. The van der Waals surface area contributed by atoms with Crippen molar-refractivity contribution in [3.8, 4) is 17.2 Å². The van der Waals surface area contributed by atoms with Crippen molar-refractivity contribution in [3.63, 3.8) is 0 Å². The van der Waals surface area contributed by atoms with E-state index in [1.54, 1.807) is 31.4 Å². The maximum atomic E-state index is 9.51. The molecule has 2 aromatic carbocycles. The zero-order chi connectivity index (χ0) is 14.4. The molecule has 2 N–H and O–H groups in total. The van der Waals surface area contributed by atoms with Crippen LogP contribution in [0.1, 0.15) is 11.5 Å². The molecular formula is C16H18O4. The Hall–Kier alpha value is -2.20. The molecule has 1 atom stereocenters. The molecule has 0 aliphatic rings. The summed E-state index contributed by atoms with van der Waals surface area (Å²) in [5, 5.41) is 18.9. The first-order chi connectivity index (χ1) is 9.72. The molecule has 4 heteroatoms. The average Bonchev–Trinajstić information content (AvgIpc) is 2.48. The molecule has 0 aromatic heterocycles. The molecule has 0 amide bonds. The van der Waals surface area contributed by atoms with Gasteiger partial charge in [0.1, 0.15) is 17.2 Å². The highest BCUT2D eigenvalue weighted by Crippen LogP contribution is 2.23. The fourth-order valence-corrected chi connectivity index (χ4v) is 1.92. The Morgan fingerprint density at radius 3 is 2.50 bits per heavy atom. The van der Waals surface area contributed by atoms with E-state index < -0.39 is 0 Å². The summed E-state index contributed by atoms with van der Waals surface area (Å²) in [6.07, 6.45) is 0. The van der Waals surface area contributed by atoms with Gasteiger partial charge in [0.25, 0.3) is 0 Å². The van der Waals surface area contributed by atoms with Crippen LogP contribution in [-0.4, -0.2) is 30.5 Å². The van der Waals surface area contributed by atoms with Crippen LogP contribution in [0.15, 0.2) is 48.5 Å². The Labute approximate surface area is 118 Å². The van der Waals surface area contributed by atoms with Crippen LogP contribution < -0.4 is 9.47 Å². The van der Waals surface area contributed by atoms with Crippen molar-refractivity contribution < 1.29 is 19.7 Å². The molecule has 106 valence electrons. The van der Waals surface area contributed by atoms with E-state index in [1.807, 2.05) is 24.3 Å². The van der Waals surface area contributed by atoms with Crippen molar-refractivity contribution in [2.45, 2.75) is 5.92 Å². The largest absolute Gasteiger partial charge is 0.508 e. The summed E-state index contributed by atoms with van der Waals surface area (Å²) in [5.41, 5.74) is 0.951. The highest BCUT2D eigenvalue weighted by molar-refractivity contribution is 5.33. The lowest BCUT2D eigenvalue weighted by atomic mass is 10.0. The molecule has 0 spiro atoms. The van der Waals surface area contributed by atoms with Gasteiger partial charge in [0.2, 0.25) is 0 Å². The number of ether oxygens (including phenoxy) is 2. The van der Waals surface area contributed by atoms with Gasteiger partial charge < -0.3 is 19.7 Å². The predicted molar refractivity (Wildman–Crippen MR) is 76.4 cm³/mol. The smallest absolute Gasteiger partial charge is 0.123 e. The molecule has 4 nitrogen and oxygen atoms in total. The number of phenolic OH excluding ortho intramolecular Hbond substituents is 1. The zero-order valence-electron chi connectivity index (χ0n) is 11.3. The van der Waals surface area contributed by atoms with Crippen LogP contribution in [0.4, 0.5) is 0 Å². The molecule has 0 saturated heterocycles.